The fourth-order valence-corrected chi connectivity index (χ4v) is 4.03. The van der Waals surface area contributed by atoms with Crippen LogP contribution in [0.1, 0.15) is 28.8 Å². The molecular formula is C23H21ClN2O3. The molecule has 3 aromatic carbocycles. The number of likely N-dealkylation sites (tertiary alicyclic amines) is 1. The van der Waals surface area contributed by atoms with Gasteiger partial charge in [-0.3, -0.25) is 9.59 Å². The van der Waals surface area contributed by atoms with E-state index in [2.05, 4.69) is 5.32 Å². The van der Waals surface area contributed by atoms with Crippen LogP contribution in [-0.2, 0) is 11.3 Å². The van der Waals surface area contributed by atoms with Gasteiger partial charge in [0.15, 0.2) is 0 Å². The minimum Gasteiger partial charge on any atom is -0.506 e. The maximum Gasteiger partial charge on any atom is 0.258 e. The number of aromatic hydroxyl groups is 1. The van der Waals surface area contributed by atoms with Gasteiger partial charge in [0.25, 0.3) is 5.91 Å². The number of nitrogens with one attached hydrogen (secondary N) is 1. The van der Waals surface area contributed by atoms with Crippen molar-refractivity contribution in [2.45, 2.75) is 25.4 Å². The van der Waals surface area contributed by atoms with Crippen molar-refractivity contribution in [3.8, 4) is 5.75 Å². The third kappa shape index (κ3) is 3.91. The highest BCUT2D eigenvalue weighted by Gasteiger charge is 2.35. The number of carbonyl (C=O) groups excluding carboxylic acids is 2. The molecule has 0 spiro atoms. The molecule has 0 aliphatic carbocycles. The lowest BCUT2D eigenvalue weighted by atomic mass is 10.0. The van der Waals surface area contributed by atoms with E-state index in [4.69, 9.17) is 11.6 Å². The van der Waals surface area contributed by atoms with Crippen molar-refractivity contribution >= 4 is 34.2 Å². The van der Waals surface area contributed by atoms with Gasteiger partial charge in [-0.15, -0.1) is 0 Å². The molecule has 3 aromatic rings. The minimum absolute atomic E-state index is 0.0434. The summed E-state index contributed by atoms with van der Waals surface area (Å²) in [5.41, 5.74) is 1.12. The zero-order valence-electron chi connectivity index (χ0n) is 15.8. The number of carbonyl (C=O) groups is 2. The summed E-state index contributed by atoms with van der Waals surface area (Å²) in [4.78, 5) is 27.4. The van der Waals surface area contributed by atoms with Crippen molar-refractivity contribution in [3.05, 3.63) is 76.8 Å². The van der Waals surface area contributed by atoms with Crippen molar-refractivity contribution in [1.82, 2.24) is 10.2 Å². The molecular weight excluding hydrogens is 388 g/mol. The third-order valence-electron chi connectivity index (χ3n) is 5.30. The van der Waals surface area contributed by atoms with Gasteiger partial charge in [-0.05, 0) is 42.0 Å². The second kappa shape index (κ2) is 8.13. The molecule has 6 heteroatoms. The lowest BCUT2D eigenvalue weighted by molar-refractivity contribution is -0.125. The normalized spacial score (nSPS) is 16.2. The maximum atomic E-state index is 13.1. The number of hydrogen-bond donors (Lipinski definition) is 2. The van der Waals surface area contributed by atoms with Crippen LogP contribution in [0.25, 0.3) is 10.8 Å². The van der Waals surface area contributed by atoms with E-state index in [0.717, 1.165) is 17.4 Å². The molecule has 1 aliphatic rings. The van der Waals surface area contributed by atoms with E-state index in [9.17, 15) is 14.7 Å². The van der Waals surface area contributed by atoms with E-state index in [1.54, 1.807) is 29.2 Å². The Balaban J connectivity index is 1.51. The Bertz CT molecular complexity index is 1080. The van der Waals surface area contributed by atoms with Gasteiger partial charge in [0.05, 0.1) is 5.56 Å². The largest absolute Gasteiger partial charge is 0.506 e. The molecule has 0 saturated carbocycles. The van der Waals surface area contributed by atoms with Gasteiger partial charge in [-0.1, -0.05) is 54.1 Å². The second-order valence-corrected chi connectivity index (χ2v) is 7.62. The third-order valence-corrected chi connectivity index (χ3v) is 5.54. The summed E-state index contributed by atoms with van der Waals surface area (Å²) < 4.78 is 0. The Labute approximate surface area is 173 Å². The molecule has 1 atom stereocenters. The highest BCUT2D eigenvalue weighted by atomic mass is 35.5. The van der Waals surface area contributed by atoms with E-state index in [1.165, 1.54) is 0 Å². The van der Waals surface area contributed by atoms with Gasteiger partial charge in [-0.25, -0.2) is 0 Å². The number of hydrogen-bond acceptors (Lipinski definition) is 3. The summed E-state index contributed by atoms with van der Waals surface area (Å²) in [6.07, 6.45) is 1.34. The molecule has 5 nitrogen and oxygen atoms in total. The zero-order valence-corrected chi connectivity index (χ0v) is 16.5. The Hall–Kier alpha value is -3.05. The van der Waals surface area contributed by atoms with Gasteiger partial charge in [0.2, 0.25) is 5.91 Å². The number of fused-ring (bicyclic) bond motifs is 1. The molecule has 4 rings (SSSR count). The summed E-state index contributed by atoms with van der Waals surface area (Å²) in [7, 11) is 0. The molecule has 148 valence electrons. The van der Waals surface area contributed by atoms with Crippen LogP contribution in [0.5, 0.6) is 5.75 Å². The summed E-state index contributed by atoms with van der Waals surface area (Å²) in [6, 6.07) is 17.5. The fourth-order valence-electron chi connectivity index (χ4n) is 3.82. The average molecular weight is 409 g/mol. The first-order chi connectivity index (χ1) is 14.0. The van der Waals surface area contributed by atoms with Gasteiger partial charge >= 0.3 is 0 Å². The Morgan fingerprint density at radius 1 is 1.10 bits per heavy atom. The summed E-state index contributed by atoms with van der Waals surface area (Å²) >= 11 is 5.99. The van der Waals surface area contributed by atoms with Crippen LogP contribution in [0, 0.1) is 0 Å². The molecule has 1 heterocycles. The molecule has 29 heavy (non-hydrogen) atoms. The molecule has 0 bridgehead atoms. The number of nitrogens with zero attached hydrogens (tertiary/aromatic N) is 1. The van der Waals surface area contributed by atoms with E-state index in [0.29, 0.717) is 29.9 Å². The van der Waals surface area contributed by atoms with E-state index in [-0.39, 0.29) is 23.1 Å². The van der Waals surface area contributed by atoms with Crippen LogP contribution >= 0.6 is 11.6 Å². The molecule has 2 N–H and O–H groups in total. The van der Waals surface area contributed by atoms with Crippen molar-refractivity contribution < 1.29 is 14.7 Å². The smallest absolute Gasteiger partial charge is 0.258 e. The van der Waals surface area contributed by atoms with Crippen LogP contribution < -0.4 is 5.32 Å². The van der Waals surface area contributed by atoms with E-state index in [1.807, 2.05) is 36.4 Å². The van der Waals surface area contributed by atoms with Crippen LogP contribution in [0.3, 0.4) is 0 Å². The first-order valence-electron chi connectivity index (χ1n) is 9.58. The van der Waals surface area contributed by atoms with Crippen LogP contribution in [0.15, 0.2) is 60.7 Å². The van der Waals surface area contributed by atoms with Crippen molar-refractivity contribution in [2.75, 3.05) is 6.54 Å². The van der Waals surface area contributed by atoms with Crippen molar-refractivity contribution in [3.63, 3.8) is 0 Å². The summed E-state index contributed by atoms with van der Waals surface area (Å²) in [5, 5.41) is 15.6. The Morgan fingerprint density at radius 3 is 2.76 bits per heavy atom. The summed E-state index contributed by atoms with van der Waals surface area (Å²) in [6.45, 7) is 0.833. The van der Waals surface area contributed by atoms with E-state index >= 15 is 0 Å². The standard InChI is InChI=1S/C23H21ClN2O3/c24-17-7-3-5-15(13-17)14-25-22(28)20-9-4-12-26(20)23(29)19-11-10-16-6-1-2-8-18(16)21(19)27/h1-3,5-8,10-11,13,20,27H,4,9,12,14H2,(H,25,28). The highest BCUT2D eigenvalue weighted by Crippen LogP contribution is 2.31. The van der Waals surface area contributed by atoms with Crippen LogP contribution in [-0.4, -0.2) is 34.4 Å². The lowest BCUT2D eigenvalue weighted by Gasteiger charge is -2.24. The second-order valence-electron chi connectivity index (χ2n) is 7.19. The first-order valence-corrected chi connectivity index (χ1v) is 9.96. The number of phenols is 1. The molecule has 2 amide bonds. The van der Waals surface area contributed by atoms with Crippen molar-refractivity contribution in [1.29, 1.82) is 0 Å². The topological polar surface area (TPSA) is 69.6 Å². The van der Waals surface area contributed by atoms with Gasteiger partial charge in [-0.2, -0.15) is 0 Å². The van der Waals surface area contributed by atoms with Crippen LogP contribution in [0.2, 0.25) is 5.02 Å². The quantitative estimate of drug-likeness (QED) is 0.682. The summed E-state index contributed by atoms with van der Waals surface area (Å²) in [5.74, 6) is -0.567. The molecule has 1 saturated heterocycles. The Kier molecular flexibility index (Phi) is 5.41. The van der Waals surface area contributed by atoms with E-state index < -0.39 is 6.04 Å². The number of rotatable bonds is 4. The number of amides is 2. The van der Waals surface area contributed by atoms with Crippen LogP contribution in [0.4, 0.5) is 0 Å². The Morgan fingerprint density at radius 2 is 1.93 bits per heavy atom. The molecule has 0 radical (unpaired) electrons. The molecule has 0 aromatic heterocycles. The monoisotopic (exact) mass is 408 g/mol. The molecule has 1 fully saturated rings. The molecule has 1 unspecified atom stereocenters. The number of halogens is 1. The highest BCUT2D eigenvalue weighted by molar-refractivity contribution is 6.30. The minimum atomic E-state index is -0.549. The fraction of sp³-hybridized carbons (Fsp3) is 0.217. The zero-order chi connectivity index (χ0) is 20.4. The SMILES string of the molecule is O=C(NCc1cccc(Cl)c1)C1CCCN1C(=O)c1ccc2ccccc2c1O. The van der Waals surface area contributed by atoms with Crippen molar-refractivity contribution in [2.24, 2.45) is 0 Å². The molecule has 1 aliphatic heterocycles. The number of phenolic OH excluding ortho intramolecular Hbond substituents is 1. The average Bonchev–Trinajstić information content (AvgIpc) is 3.22. The maximum absolute atomic E-state index is 13.1. The van der Waals surface area contributed by atoms with Gasteiger partial charge in [0.1, 0.15) is 11.8 Å². The predicted molar refractivity (Wildman–Crippen MR) is 113 cm³/mol. The number of benzene rings is 3. The van der Waals surface area contributed by atoms with Gasteiger partial charge < -0.3 is 15.3 Å². The predicted octanol–water partition coefficient (Wildman–Crippen LogP) is 4.12. The van der Waals surface area contributed by atoms with Gasteiger partial charge in [0, 0.05) is 23.5 Å². The first kappa shape index (κ1) is 19.3. The lowest BCUT2D eigenvalue weighted by Crippen LogP contribution is -2.45.